The lowest BCUT2D eigenvalue weighted by Crippen LogP contribution is -2.58. The van der Waals surface area contributed by atoms with Crippen molar-refractivity contribution in [2.24, 2.45) is 4.36 Å². The summed E-state index contributed by atoms with van der Waals surface area (Å²) in [5, 5.41) is 0. The highest BCUT2D eigenvalue weighted by molar-refractivity contribution is 9.10. The Morgan fingerprint density at radius 2 is 1.90 bits per heavy atom. The summed E-state index contributed by atoms with van der Waals surface area (Å²) >= 11 is 3.12. The third-order valence-corrected chi connectivity index (χ3v) is 10.8. The van der Waals surface area contributed by atoms with Crippen LogP contribution in [0, 0.1) is 5.82 Å². The van der Waals surface area contributed by atoms with Crippen LogP contribution in [-0.4, -0.2) is 61.9 Å². The van der Waals surface area contributed by atoms with E-state index in [0.717, 1.165) is 6.07 Å². The summed E-state index contributed by atoms with van der Waals surface area (Å²) in [4.78, 5) is 4.02. The Bertz CT molecular complexity index is 1320. The Morgan fingerprint density at radius 1 is 1.18 bits per heavy atom. The molecule has 2 unspecified atom stereocenters. The molecule has 1 aromatic carbocycles. The number of hydrogen-bond acceptors (Lipinski definition) is 6. The van der Waals surface area contributed by atoms with Crippen molar-refractivity contribution in [3.8, 4) is 11.5 Å². The van der Waals surface area contributed by atoms with Gasteiger partial charge < -0.3 is 9.47 Å². The molecule has 8 nitrogen and oxygen atoms in total. The molecule has 3 atom stereocenters. The molecule has 1 aliphatic rings. The largest absolute Gasteiger partial charge is 0.497 e. The lowest BCUT2D eigenvalue weighted by atomic mass is 9.98. The second kappa shape index (κ2) is 12.8. The Morgan fingerprint density at radius 3 is 2.51 bits per heavy atom. The van der Waals surface area contributed by atoms with E-state index < -0.39 is 54.9 Å². The first-order chi connectivity index (χ1) is 18.3. The number of pyridine rings is 1. The van der Waals surface area contributed by atoms with Gasteiger partial charge in [-0.2, -0.15) is 0 Å². The molecule has 0 radical (unpaired) electrons. The molecule has 3 rings (SSSR count). The molecule has 2 heterocycles. The highest BCUT2D eigenvalue weighted by Gasteiger charge is 2.51. The molecule has 0 spiro atoms. The van der Waals surface area contributed by atoms with Crippen LogP contribution in [0.15, 0.2) is 39.3 Å². The Balaban J connectivity index is 2.18. The minimum absolute atomic E-state index is 0.0611. The Labute approximate surface area is 239 Å². The molecule has 1 aromatic heterocycles. The molecule has 14 heteroatoms. The molecule has 0 amide bonds. The summed E-state index contributed by atoms with van der Waals surface area (Å²) in [6.45, 7) is 5.30. The maximum atomic E-state index is 15.2. The van der Waals surface area contributed by atoms with Crippen molar-refractivity contribution in [3.63, 3.8) is 0 Å². The standard InChI is InChI=1S/C25H34BrF3N4O4S2/c1-24(2,3)38(34)32-25(23(28)29,22-19(27)10-11-21(26)31-22)16-39(35)30-12-6-7-13-33(39)15-17-8-9-18(36-4)14-20(17)37-5/h8-11,14,23,32H,6-7,12-13,15-16H2,1-5H3/t25-,38?,39?/m0/s1. The topological polar surface area (TPSA) is 93.1 Å². The van der Waals surface area contributed by atoms with Gasteiger partial charge in [-0.1, -0.05) is 6.07 Å². The van der Waals surface area contributed by atoms with Gasteiger partial charge in [0.25, 0.3) is 6.43 Å². The van der Waals surface area contributed by atoms with Gasteiger partial charge in [-0.05, 0) is 67.7 Å². The zero-order chi connectivity index (χ0) is 29.0. The van der Waals surface area contributed by atoms with Crippen LogP contribution < -0.4 is 14.2 Å². The van der Waals surface area contributed by atoms with Crippen molar-refractivity contribution in [2.75, 3.05) is 33.1 Å². The lowest BCUT2D eigenvalue weighted by molar-refractivity contribution is 0.0497. The van der Waals surface area contributed by atoms with Gasteiger partial charge in [-0.15, -0.1) is 0 Å². The molecular formula is C25H34BrF3N4O4S2. The molecule has 0 saturated carbocycles. The average molecular weight is 656 g/mol. The van der Waals surface area contributed by atoms with E-state index in [1.807, 2.05) is 0 Å². The monoisotopic (exact) mass is 654 g/mol. The van der Waals surface area contributed by atoms with Crippen LogP contribution in [0.3, 0.4) is 0 Å². The number of aromatic nitrogens is 1. The van der Waals surface area contributed by atoms with Crippen molar-refractivity contribution in [1.82, 2.24) is 14.0 Å². The molecule has 39 heavy (non-hydrogen) atoms. The fourth-order valence-electron chi connectivity index (χ4n) is 4.02. The van der Waals surface area contributed by atoms with Crippen molar-refractivity contribution < 1.29 is 31.1 Å². The number of benzene rings is 1. The number of ether oxygens (including phenoxy) is 2. The predicted octanol–water partition coefficient (Wildman–Crippen LogP) is 5.19. The molecule has 218 valence electrons. The van der Waals surface area contributed by atoms with E-state index in [1.54, 1.807) is 39.0 Å². The molecule has 0 saturated heterocycles. The fourth-order valence-corrected chi connectivity index (χ4v) is 7.85. The van der Waals surface area contributed by atoms with Crippen molar-refractivity contribution in [2.45, 2.75) is 56.9 Å². The van der Waals surface area contributed by atoms with E-state index in [1.165, 1.54) is 24.6 Å². The van der Waals surface area contributed by atoms with Gasteiger partial charge in [0.15, 0.2) is 0 Å². The normalized spacial score (nSPS) is 21.1. The summed E-state index contributed by atoms with van der Waals surface area (Å²) in [6.07, 6.45) is -2.13. The summed E-state index contributed by atoms with van der Waals surface area (Å²) in [5.74, 6) is -0.874. The van der Waals surface area contributed by atoms with Crippen LogP contribution in [0.1, 0.15) is 44.9 Å². The highest BCUT2D eigenvalue weighted by atomic mass is 79.9. The number of halogens is 4. The second-order valence-corrected chi connectivity index (χ2v) is 15.1. The molecule has 0 aliphatic carbocycles. The zero-order valence-corrected chi connectivity index (χ0v) is 25.7. The summed E-state index contributed by atoms with van der Waals surface area (Å²) < 4.78 is 91.8. The number of rotatable bonds is 10. The van der Waals surface area contributed by atoms with Crippen LogP contribution >= 0.6 is 15.9 Å². The summed E-state index contributed by atoms with van der Waals surface area (Å²) in [5.41, 5.74) is -2.73. The lowest BCUT2D eigenvalue weighted by Gasteiger charge is -2.38. The van der Waals surface area contributed by atoms with E-state index >= 15 is 13.2 Å². The maximum absolute atomic E-state index is 15.2. The number of alkyl halides is 2. The number of nitrogens with one attached hydrogen (secondary N) is 1. The van der Waals surface area contributed by atoms with E-state index in [9.17, 15) is 8.42 Å². The van der Waals surface area contributed by atoms with Gasteiger partial charge in [0, 0.05) is 31.3 Å². The van der Waals surface area contributed by atoms with Gasteiger partial charge in [-0.25, -0.2) is 40.0 Å². The van der Waals surface area contributed by atoms with Crippen LogP contribution in [0.5, 0.6) is 11.5 Å². The molecule has 2 aromatic rings. The van der Waals surface area contributed by atoms with Crippen molar-refractivity contribution in [1.29, 1.82) is 0 Å². The predicted molar refractivity (Wildman–Crippen MR) is 150 cm³/mol. The molecule has 0 bridgehead atoms. The molecular weight excluding hydrogens is 621 g/mol. The van der Waals surface area contributed by atoms with Gasteiger partial charge in [0.2, 0.25) is 0 Å². The third kappa shape index (κ3) is 7.32. The minimum Gasteiger partial charge on any atom is -0.497 e. The summed E-state index contributed by atoms with van der Waals surface area (Å²) in [7, 11) is -2.70. The van der Waals surface area contributed by atoms with Crippen molar-refractivity contribution in [3.05, 3.63) is 52.0 Å². The van der Waals surface area contributed by atoms with Gasteiger partial charge in [0.1, 0.15) is 43.1 Å². The zero-order valence-electron chi connectivity index (χ0n) is 22.5. The molecule has 1 aliphatic heterocycles. The van der Waals surface area contributed by atoms with Gasteiger partial charge >= 0.3 is 0 Å². The molecule has 1 N–H and O–H groups in total. The van der Waals surface area contributed by atoms with Crippen LogP contribution in [0.25, 0.3) is 0 Å². The summed E-state index contributed by atoms with van der Waals surface area (Å²) in [6, 6.07) is 7.39. The Hall–Kier alpha value is -1.74. The fraction of sp³-hybridized carbons (Fsp3) is 0.560. The second-order valence-electron chi connectivity index (χ2n) is 10.1. The van der Waals surface area contributed by atoms with E-state index in [-0.39, 0.29) is 24.2 Å². The van der Waals surface area contributed by atoms with E-state index in [4.69, 9.17) is 9.47 Å². The smallest absolute Gasteiger partial charge is 0.264 e. The third-order valence-electron chi connectivity index (χ3n) is 6.21. The number of nitrogens with zero attached hydrogens (tertiary/aromatic N) is 3. The quantitative estimate of drug-likeness (QED) is 0.356. The van der Waals surface area contributed by atoms with Crippen LogP contribution in [0.4, 0.5) is 13.2 Å². The number of methoxy groups -OCH3 is 2. The van der Waals surface area contributed by atoms with Gasteiger partial charge in [-0.3, -0.25) is 0 Å². The van der Waals surface area contributed by atoms with E-state index in [0.29, 0.717) is 29.9 Å². The first kappa shape index (κ1) is 31.8. The minimum atomic E-state index is -3.61. The Kier molecular flexibility index (Phi) is 10.5. The average Bonchev–Trinajstić information content (AvgIpc) is 3.05. The van der Waals surface area contributed by atoms with Crippen molar-refractivity contribution >= 4 is 36.8 Å². The first-order valence-corrected chi connectivity index (χ1v) is 15.8. The number of hydrogen-bond donors (Lipinski definition) is 1. The van der Waals surface area contributed by atoms with Crippen LogP contribution in [0.2, 0.25) is 0 Å². The SMILES string of the molecule is COc1ccc(CN2CCCCN=S2(=O)C[C@](NS(=O)C(C)(C)C)(c2nc(Br)ccc2F)C(F)F)c(OC)c1. The van der Waals surface area contributed by atoms with Crippen LogP contribution in [-0.2, 0) is 33.0 Å². The first-order valence-electron chi connectivity index (χ1n) is 12.2. The van der Waals surface area contributed by atoms with E-state index in [2.05, 4.69) is 30.0 Å². The van der Waals surface area contributed by atoms with Gasteiger partial charge in [0.05, 0.1) is 35.7 Å². The highest BCUT2D eigenvalue weighted by Crippen LogP contribution is 2.36. The molecule has 0 fully saturated rings. The maximum Gasteiger partial charge on any atom is 0.264 e.